The molecule has 1 aliphatic carbocycles. The fourth-order valence-corrected chi connectivity index (χ4v) is 3.36. The highest BCUT2D eigenvalue weighted by atomic mass is 16.2. The number of amides is 1. The van der Waals surface area contributed by atoms with Crippen LogP contribution in [0.4, 0.5) is 0 Å². The SMILES string of the molecule is CC1(C)Cc2nc(C(C)(C)C)ncc2[C@H](NC(=O)c2cc(=O)[nH]c(=O)[nH]2)C1. The Morgan fingerprint density at radius 3 is 2.59 bits per heavy atom. The largest absolute Gasteiger partial charge is 0.344 e. The van der Waals surface area contributed by atoms with E-state index in [4.69, 9.17) is 4.98 Å². The molecule has 0 aliphatic heterocycles. The van der Waals surface area contributed by atoms with Crippen LogP contribution in [0.25, 0.3) is 0 Å². The predicted octanol–water partition coefficient (Wildman–Crippen LogP) is 1.59. The smallest absolute Gasteiger partial charge is 0.326 e. The number of carbonyl (C=O) groups excluding carboxylic acids is 1. The molecule has 2 heterocycles. The quantitative estimate of drug-likeness (QED) is 0.740. The van der Waals surface area contributed by atoms with Gasteiger partial charge in [-0.1, -0.05) is 34.6 Å². The summed E-state index contributed by atoms with van der Waals surface area (Å²) in [6.07, 6.45) is 3.28. The standard InChI is InChI=1S/C19H25N5O3/c1-18(2,3)16-20-9-10-12(7-19(4,5)8-13(10)22-16)21-15(26)11-6-14(25)24-17(27)23-11/h6,9,12H,7-8H2,1-5H3,(H,21,26)(H2,23,24,25,27)/t12-/m1/s1. The molecule has 2 aromatic heterocycles. The zero-order chi connectivity index (χ0) is 20.0. The highest BCUT2D eigenvalue weighted by Gasteiger charge is 2.35. The highest BCUT2D eigenvalue weighted by Crippen LogP contribution is 2.40. The van der Waals surface area contributed by atoms with Gasteiger partial charge >= 0.3 is 5.69 Å². The molecule has 8 nitrogen and oxygen atoms in total. The predicted molar refractivity (Wildman–Crippen MR) is 101 cm³/mol. The van der Waals surface area contributed by atoms with Crippen LogP contribution in [0.5, 0.6) is 0 Å². The number of H-pyrrole nitrogens is 2. The molecule has 27 heavy (non-hydrogen) atoms. The first-order chi connectivity index (χ1) is 12.4. The van der Waals surface area contributed by atoms with Gasteiger partial charge in [-0.05, 0) is 18.3 Å². The average Bonchev–Trinajstić information content (AvgIpc) is 2.51. The summed E-state index contributed by atoms with van der Waals surface area (Å²) >= 11 is 0. The van der Waals surface area contributed by atoms with Crippen molar-refractivity contribution in [2.75, 3.05) is 0 Å². The summed E-state index contributed by atoms with van der Waals surface area (Å²) in [4.78, 5) is 49.2. The van der Waals surface area contributed by atoms with Crippen LogP contribution in [-0.4, -0.2) is 25.8 Å². The highest BCUT2D eigenvalue weighted by molar-refractivity contribution is 5.92. The molecule has 8 heteroatoms. The van der Waals surface area contributed by atoms with Crippen LogP contribution in [0, 0.1) is 5.41 Å². The van der Waals surface area contributed by atoms with Gasteiger partial charge < -0.3 is 10.3 Å². The fraction of sp³-hybridized carbons (Fsp3) is 0.526. The van der Waals surface area contributed by atoms with Gasteiger partial charge in [-0.15, -0.1) is 0 Å². The number of rotatable bonds is 2. The molecule has 0 bridgehead atoms. The zero-order valence-electron chi connectivity index (χ0n) is 16.3. The van der Waals surface area contributed by atoms with Gasteiger partial charge in [0.1, 0.15) is 11.5 Å². The Bertz CT molecular complexity index is 969. The third-order valence-corrected chi connectivity index (χ3v) is 4.66. The summed E-state index contributed by atoms with van der Waals surface area (Å²) in [6.45, 7) is 10.4. The molecule has 0 fully saturated rings. The zero-order valence-corrected chi connectivity index (χ0v) is 16.3. The maximum absolute atomic E-state index is 12.6. The number of aromatic amines is 2. The minimum absolute atomic E-state index is 0.0595. The van der Waals surface area contributed by atoms with Gasteiger partial charge in [0.25, 0.3) is 11.5 Å². The monoisotopic (exact) mass is 371 g/mol. The van der Waals surface area contributed by atoms with E-state index in [1.54, 1.807) is 6.20 Å². The second kappa shape index (κ2) is 6.44. The van der Waals surface area contributed by atoms with Crippen molar-refractivity contribution in [2.45, 2.75) is 58.9 Å². The number of nitrogens with one attached hydrogen (secondary N) is 3. The van der Waals surface area contributed by atoms with E-state index in [0.717, 1.165) is 29.6 Å². The van der Waals surface area contributed by atoms with E-state index in [1.165, 1.54) is 0 Å². The van der Waals surface area contributed by atoms with Gasteiger partial charge in [-0.3, -0.25) is 14.6 Å². The molecule has 1 amide bonds. The molecule has 144 valence electrons. The molecular weight excluding hydrogens is 346 g/mol. The summed E-state index contributed by atoms with van der Waals surface area (Å²) in [5.74, 6) is 0.259. The maximum atomic E-state index is 12.6. The molecular formula is C19H25N5O3. The third kappa shape index (κ3) is 4.15. The molecule has 0 spiro atoms. The number of carbonyl (C=O) groups is 1. The number of nitrogens with zero attached hydrogens (tertiary/aromatic N) is 2. The summed E-state index contributed by atoms with van der Waals surface area (Å²) in [5.41, 5.74) is 0.178. The van der Waals surface area contributed by atoms with Crippen molar-refractivity contribution in [3.63, 3.8) is 0 Å². The number of aromatic nitrogens is 4. The Labute approximate surface area is 156 Å². The first kappa shape index (κ1) is 19.0. The Hall–Kier alpha value is -2.77. The Morgan fingerprint density at radius 1 is 1.26 bits per heavy atom. The second-order valence-corrected chi connectivity index (χ2v) is 8.92. The van der Waals surface area contributed by atoms with Crippen LogP contribution in [0.2, 0.25) is 0 Å². The molecule has 1 atom stereocenters. The lowest BCUT2D eigenvalue weighted by Crippen LogP contribution is -2.39. The number of hydrogen-bond acceptors (Lipinski definition) is 5. The van der Waals surface area contributed by atoms with E-state index in [9.17, 15) is 14.4 Å². The second-order valence-electron chi connectivity index (χ2n) is 8.92. The van der Waals surface area contributed by atoms with E-state index in [0.29, 0.717) is 6.42 Å². The van der Waals surface area contributed by atoms with E-state index in [1.807, 2.05) is 0 Å². The molecule has 0 aromatic carbocycles. The number of fused-ring (bicyclic) bond motifs is 1. The van der Waals surface area contributed by atoms with E-state index >= 15 is 0 Å². The van der Waals surface area contributed by atoms with Crippen molar-refractivity contribution in [3.05, 3.63) is 55.9 Å². The maximum Gasteiger partial charge on any atom is 0.326 e. The molecule has 3 rings (SSSR count). The van der Waals surface area contributed by atoms with Crippen LogP contribution in [0.15, 0.2) is 21.9 Å². The van der Waals surface area contributed by atoms with Crippen molar-refractivity contribution < 1.29 is 4.79 Å². The molecule has 1 aliphatic rings. The van der Waals surface area contributed by atoms with Gasteiger partial charge in [0, 0.05) is 28.9 Å². The molecule has 2 aromatic rings. The third-order valence-electron chi connectivity index (χ3n) is 4.66. The Morgan fingerprint density at radius 2 is 1.96 bits per heavy atom. The fourth-order valence-electron chi connectivity index (χ4n) is 3.36. The average molecular weight is 371 g/mol. The Kier molecular flexibility index (Phi) is 4.53. The first-order valence-corrected chi connectivity index (χ1v) is 8.95. The van der Waals surface area contributed by atoms with Crippen LogP contribution in [0.1, 0.15) is 74.7 Å². The summed E-state index contributed by atoms with van der Waals surface area (Å²) in [7, 11) is 0. The van der Waals surface area contributed by atoms with Crippen molar-refractivity contribution in [1.29, 1.82) is 0 Å². The van der Waals surface area contributed by atoms with Crippen molar-refractivity contribution in [3.8, 4) is 0 Å². The Balaban J connectivity index is 1.96. The topological polar surface area (TPSA) is 121 Å². The van der Waals surface area contributed by atoms with E-state index < -0.39 is 17.2 Å². The lowest BCUT2D eigenvalue weighted by atomic mass is 9.74. The van der Waals surface area contributed by atoms with Gasteiger partial charge in [0.05, 0.1) is 6.04 Å². The number of hydrogen-bond donors (Lipinski definition) is 3. The van der Waals surface area contributed by atoms with Crippen LogP contribution >= 0.6 is 0 Å². The summed E-state index contributed by atoms with van der Waals surface area (Å²) in [5, 5.41) is 2.92. The summed E-state index contributed by atoms with van der Waals surface area (Å²) in [6, 6.07) is 0.776. The van der Waals surface area contributed by atoms with Crippen LogP contribution < -0.4 is 16.6 Å². The molecule has 0 saturated heterocycles. The first-order valence-electron chi connectivity index (χ1n) is 8.95. The normalized spacial score (nSPS) is 18.6. The van der Waals surface area contributed by atoms with E-state index in [2.05, 4.69) is 54.9 Å². The van der Waals surface area contributed by atoms with Gasteiger partial charge in [0.2, 0.25) is 0 Å². The van der Waals surface area contributed by atoms with E-state index in [-0.39, 0.29) is 22.6 Å². The summed E-state index contributed by atoms with van der Waals surface area (Å²) < 4.78 is 0. The molecule has 0 saturated carbocycles. The lowest BCUT2D eigenvalue weighted by molar-refractivity contribution is 0.0913. The minimum atomic E-state index is -0.713. The minimum Gasteiger partial charge on any atom is -0.344 e. The van der Waals surface area contributed by atoms with Crippen molar-refractivity contribution in [1.82, 2.24) is 25.3 Å². The van der Waals surface area contributed by atoms with Crippen LogP contribution in [-0.2, 0) is 11.8 Å². The van der Waals surface area contributed by atoms with Gasteiger partial charge in [-0.25, -0.2) is 14.8 Å². The molecule has 3 N–H and O–H groups in total. The molecule has 0 radical (unpaired) electrons. The molecule has 0 unspecified atom stereocenters. The van der Waals surface area contributed by atoms with Crippen molar-refractivity contribution >= 4 is 5.91 Å². The van der Waals surface area contributed by atoms with Crippen molar-refractivity contribution in [2.24, 2.45) is 5.41 Å². The van der Waals surface area contributed by atoms with Gasteiger partial charge in [-0.2, -0.15) is 0 Å². The lowest BCUT2D eigenvalue weighted by Gasteiger charge is -2.37. The van der Waals surface area contributed by atoms with Crippen LogP contribution in [0.3, 0.4) is 0 Å². The van der Waals surface area contributed by atoms with Gasteiger partial charge in [0.15, 0.2) is 0 Å².